The molecule has 12 heteroatoms. The van der Waals surface area contributed by atoms with Crippen LogP contribution in [-0.2, 0) is 21.4 Å². The zero-order chi connectivity index (χ0) is 23.4. The van der Waals surface area contributed by atoms with Crippen LogP contribution in [0.25, 0.3) is 10.6 Å². The molecule has 1 N–H and O–H groups in total. The lowest BCUT2D eigenvalue weighted by Gasteiger charge is -2.12. The Kier molecular flexibility index (Phi) is 6.20. The molecule has 10 nitrogen and oxygen atoms in total. The van der Waals surface area contributed by atoms with Crippen LogP contribution in [0.15, 0.2) is 81.5 Å². The van der Waals surface area contributed by atoms with Gasteiger partial charge in [-0.25, -0.2) is 13.2 Å². The molecule has 4 aromatic rings. The van der Waals surface area contributed by atoms with Gasteiger partial charge in [0.2, 0.25) is 0 Å². The van der Waals surface area contributed by atoms with Gasteiger partial charge in [0.05, 0.1) is 25.9 Å². The second-order valence-electron chi connectivity index (χ2n) is 6.64. The molecule has 0 bridgehead atoms. The summed E-state index contributed by atoms with van der Waals surface area (Å²) in [7, 11) is -4.20. The van der Waals surface area contributed by atoms with Crippen LogP contribution in [0.1, 0.15) is 16.1 Å². The summed E-state index contributed by atoms with van der Waals surface area (Å²) in [5, 5.41) is 16.7. The number of hydrogen-bond acceptors (Lipinski definition) is 9. The van der Waals surface area contributed by atoms with Gasteiger partial charge in [0, 0.05) is 18.2 Å². The number of rotatable bonds is 8. The number of benzene rings is 2. The van der Waals surface area contributed by atoms with Gasteiger partial charge in [0.15, 0.2) is 5.76 Å². The van der Waals surface area contributed by atoms with Crippen LogP contribution in [-0.4, -0.2) is 24.5 Å². The van der Waals surface area contributed by atoms with Gasteiger partial charge in [0.1, 0.15) is 12.3 Å². The van der Waals surface area contributed by atoms with E-state index in [2.05, 4.69) is 9.88 Å². The van der Waals surface area contributed by atoms with E-state index in [4.69, 9.17) is 9.26 Å². The van der Waals surface area contributed by atoms with Gasteiger partial charge >= 0.3 is 5.97 Å². The highest BCUT2D eigenvalue weighted by molar-refractivity contribution is 7.92. The van der Waals surface area contributed by atoms with E-state index in [9.17, 15) is 23.3 Å². The first-order valence-corrected chi connectivity index (χ1v) is 11.7. The smallest absolute Gasteiger partial charge is 0.340 e. The third-order valence-corrected chi connectivity index (χ3v) is 6.65. The monoisotopic (exact) mass is 485 g/mol. The number of ether oxygens (including phenoxy) is 1. The zero-order valence-electron chi connectivity index (χ0n) is 16.7. The molecule has 0 aliphatic carbocycles. The van der Waals surface area contributed by atoms with Crippen molar-refractivity contribution in [1.29, 1.82) is 0 Å². The van der Waals surface area contributed by atoms with Crippen molar-refractivity contribution in [1.82, 2.24) is 5.16 Å². The van der Waals surface area contributed by atoms with Crippen LogP contribution in [0.3, 0.4) is 0 Å². The normalized spacial score (nSPS) is 11.2. The van der Waals surface area contributed by atoms with Crippen LogP contribution in [0.5, 0.6) is 0 Å². The summed E-state index contributed by atoms with van der Waals surface area (Å²) in [4.78, 5) is 23.5. The van der Waals surface area contributed by atoms with Crippen molar-refractivity contribution >= 4 is 38.7 Å². The number of sulfonamides is 1. The van der Waals surface area contributed by atoms with Crippen LogP contribution >= 0.6 is 11.3 Å². The van der Waals surface area contributed by atoms with Crippen LogP contribution in [0, 0.1) is 10.1 Å². The van der Waals surface area contributed by atoms with Crippen LogP contribution in [0.2, 0.25) is 0 Å². The SMILES string of the molecule is O=C(OCc1cc(-c2cccs2)on1)c1ccccc1NS(=O)(=O)c1cccc([N+](=O)[O-])c1. The van der Waals surface area contributed by atoms with Gasteiger partial charge in [-0.1, -0.05) is 29.4 Å². The van der Waals surface area contributed by atoms with Crippen LogP contribution in [0.4, 0.5) is 11.4 Å². The number of hydrogen-bond donors (Lipinski definition) is 1. The number of nitrogens with zero attached hydrogens (tertiary/aromatic N) is 2. The first-order valence-electron chi connectivity index (χ1n) is 9.36. The van der Waals surface area contributed by atoms with Crippen molar-refractivity contribution in [2.75, 3.05) is 4.72 Å². The molecular formula is C21H15N3O7S2. The van der Waals surface area contributed by atoms with E-state index in [0.29, 0.717) is 11.5 Å². The summed E-state index contributed by atoms with van der Waals surface area (Å²) in [5.74, 6) is -0.242. The first kappa shape index (κ1) is 22.2. The fraction of sp³-hybridized carbons (Fsp3) is 0.0476. The molecule has 0 amide bonds. The fourth-order valence-corrected chi connectivity index (χ4v) is 4.64. The molecule has 2 aromatic heterocycles. The molecule has 0 aliphatic rings. The minimum Gasteiger partial charge on any atom is -0.455 e. The Morgan fingerprint density at radius 3 is 2.70 bits per heavy atom. The molecule has 0 unspecified atom stereocenters. The Balaban J connectivity index is 1.49. The molecule has 33 heavy (non-hydrogen) atoms. The summed E-state index contributed by atoms with van der Waals surface area (Å²) < 4.78 is 38.3. The maximum atomic E-state index is 12.7. The zero-order valence-corrected chi connectivity index (χ0v) is 18.3. The minimum atomic E-state index is -4.20. The number of nitro benzene ring substituents is 1. The fourth-order valence-electron chi connectivity index (χ4n) is 2.85. The lowest BCUT2D eigenvalue weighted by atomic mass is 10.2. The molecule has 0 fully saturated rings. The molecule has 2 heterocycles. The number of carbonyl (C=O) groups is 1. The average Bonchev–Trinajstić information content (AvgIpc) is 3.50. The van der Waals surface area contributed by atoms with Crippen molar-refractivity contribution in [3.8, 4) is 10.6 Å². The van der Waals surface area contributed by atoms with E-state index in [1.165, 1.54) is 47.7 Å². The Hall–Kier alpha value is -4.03. The molecule has 0 saturated carbocycles. The summed E-state index contributed by atoms with van der Waals surface area (Å²) in [5.41, 5.74) is -0.0524. The van der Waals surface area contributed by atoms with Crippen molar-refractivity contribution in [2.24, 2.45) is 0 Å². The number of non-ortho nitro benzene ring substituents is 1. The third kappa shape index (κ3) is 5.07. The number of esters is 1. The molecule has 2 aromatic carbocycles. The van der Waals surface area contributed by atoms with E-state index in [1.807, 2.05) is 17.5 Å². The molecule has 0 atom stereocenters. The second-order valence-corrected chi connectivity index (χ2v) is 9.27. The van der Waals surface area contributed by atoms with E-state index in [0.717, 1.165) is 10.9 Å². The quantitative estimate of drug-likeness (QED) is 0.219. The van der Waals surface area contributed by atoms with E-state index in [1.54, 1.807) is 12.1 Å². The molecule has 0 saturated heterocycles. The molecule has 0 aliphatic heterocycles. The average molecular weight is 485 g/mol. The predicted octanol–water partition coefficient (Wildman–Crippen LogP) is 4.47. The first-order chi connectivity index (χ1) is 15.8. The lowest BCUT2D eigenvalue weighted by Crippen LogP contribution is -2.16. The van der Waals surface area contributed by atoms with Crippen molar-refractivity contribution in [3.63, 3.8) is 0 Å². The molecule has 4 rings (SSSR count). The van der Waals surface area contributed by atoms with Crippen molar-refractivity contribution in [2.45, 2.75) is 11.5 Å². The summed E-state index contributed by atoms with van der Waals surface area (Å²) in [6.45, 7) is -0.181. The number of thiophene rings is 1. The molecule has 168 valence electrons. The summed E-state index contributed by atoms with van der Waals surface area (Å²) in [6.07, 6.45) is 0. The Morgan fingerprint density at radius 2 is 1.94 bits per heavy atom. The maximum absolute atomic E-state index is 12.7. The highest BCUT2D eigenvalue weighted by Gasteiger charge is 2.21. The predicted molar refractivity (Wildman–Crippen MR) is 119 cm³/mol. The Bertz CT molecular complexity index is 1410. The number of aromatic nitrogens is 1. The van der Waals surface area contributed by atoms with Crippen LogP contribution < -0.4 is 4.72 Å². The number of nitrogens with one attached hydrogen (secondary N) is 1. The number of para-hydroxylation sites is 1. The third-order valence-electron chi connectivity index (χ3n) is 4.40. The summed E-state index contributed by atoms with van der Waals surface area (Å²) in [6, 6.07) is 15.8. The maximum Gasteiger partial charge on any atom is 0.340 e. The molecule has 0 radical (unpaired) electrons. The standard InChI is InChI=1S/C21H15N3O7S2/c25-21(30-13-14-11-19(31-22-14)20-9-4-10-32-20)17-7-1-2-8-18(17)23-33(28,29)16-6-3-5-15(12-16)24(26)27/h1-12,23H,13H2. The topological polar surface area (TPSA) is 142 Å². The van der Waals surface area contributed by atoms with Gasteiger partial charge in [-0.3, -0.25) is 14.8 Å². The van der Waals surface area contributed by atoms with Crippen molar-refractivity contribution < 1.29 is 27.4 Å². The van der Waals surface area contributed by atoms with Gasteiger partial charge in [-0.15, -0.1) is 11.3 Å². The Morgan fingerprint density at radius 1 is 1.12 bits per heavy atom. The lowest BCUT2D eigenvalue weighted by molar-refractivity contribution is -0.385. The number of anilines is 1. The molecular weight excluding hydrogens is 470 g/mol. The van der Waals surface area contributed by atoms with Gasteiger partial charge in [-0.05, 0) is 29.6 Å². The van der Waals surface area contributed by atoms with Gasteiger partial charge in [-0.2, -0.15) is 0 Å². The van der Waals surface area contributed by atoms with Gasteiger partial charge < -0.3 is 9.26 Å². The highest BCUT2D eigenvalue weighted by Crippen LogP contribution is 2.26. The highest BCUT2D eigenvalue weighted by atomic mass is 32.2. The minimum absolute atomic E-state index is 0.0338. The largest absolute Gasteiger partial charge is 0.455 e. The van der Waals surface area contributed by atoms with E-state index < -0.39 is 20.9 Å². The van der Waals surface area contributed by atoms with Gasteiger partial charge in [0.25, 0.3) is 15.7 Å². The number of carbonyl (C=O) groups excluding carboxylic acids is 1. The summed E-state index contributed by atoms with van der Waals surface area (Å²) >= 11 is 1.47. The second kappa shape index (κ2) is 9.22. The molecule has 0 spiro atoms. The Labute approximate surface area is 191 Å². The van der Waals surface area contributed by atoms with Crippen molar-refractivity contribution in [3.05, 3.63) is 93.5 Å². The van der Waals surface area contributed by atoms with E-state index >= 15 is 0 Å². The number of nitro groups is 1. The van der Waals surface area contributed by atoms with E-state index in [-0.39, 0.29) is 28.4 Å².